The summed E-state index contributed by atoms with van der Waals surface area (Å²) in [7, 11) is -4.85. The van der Waals surface area contributed by atoms with Crippen molar-refractivity contribution in [3.8, 4) is 5.75 Å². The van der Waals surface area contributed by atoms with Gasteiger partial charge in [0.15, 0.2) is 5.78 Å². The number of benzene rings is 1. The van der Waals surface area contributed by atoms with Crippen LogP contribution in [0.15, 0.2) is 24.3 Å². The van der Waals surface area contributed by atoms with Gasteiger partial charge >= 0.3 is 16.4 Å². The van der Waals surface area contributed by atoms with E-state index in [0.717, 1.165) is 4.90 Å². The second kappa shape index (κ2) is 7.73. The summed E-state index contributed by atoms with van der Waals surface area (Å²) in [6, 6.07) is 3.83. The molecule has 2 heterocycles. The van der Waals surface area contributed by atoms with E-state index >= 15 is 0 Å². The van der Waals surface area contributed by atoms with E-state index in [1.807, 2.05) is 0 Å². The highest BCUT2D eigenvalue weighted by Crippen LogP contribution is 2.30. The van der Waals surface area contributed by atoms with Crippen molar-refractivity contribution in [2.24, 2.45) is 0 Å². The monoisotopic (exact) mass is 413 g/mol. The minimum Gasteiger partial charge on any atom is -0.508 e. The minimum absolute atomic E-state index is 0.0753. The van der Waals surface area contributed by atoms with Crippen LogP contribution in [0.25, 0.3) is 0 Å². The fourth-order valence-corrected chi connectivity index (χ4v) is 3.70. The van der Waals surface area contributed by atoms with Crippen LogP contribution in [0.5, 0.6) is 5.75 Å². The summed E-state index contributed by atoms with van der Waals surface area (Å²) in [5, 5.41) is 12.3. The number of fused-ring (bicyclic) bond motifs is 2. The number of carbonyl (C=O) groups excluding carboxylic acids is 3. The molecule has 1 aromatic rings. The average molecular weight is 413 g/mol. The molecule has 0 radical (unpaired) electrons. The molecule has 3 N–H and O–H groups in total. The van der Waals surface area contributed by atoms with E-state index in [2.05, 4.69) is 9.60 Å². The summed E-state index contributed by atoms with van der Waals surface area (Å²) < 4.78 is 34.8. The molecular formula is C16H19N3O8S. The largest absolute Gasteiger partial charge is 0.508 e. The van der Waals surface area contributed by atoms with E-state index in [9.17, 15) is 27.9 Å². The zero-order valence-electron chi connectivity index (χ0n) is 14.6. The summed E-state index contributed by atoms with van der Waals surface area (Å²) in [5.74, 6) is -0.696. The summed E-state index contributed by atoms with van der Waals surface area (Å²) >= 11 is 0. The van der Waals surface area contributed by atoms with E-state index in [-0.39, 0.29) is 37.5 Å². The number of ketones is 1. The Hall–Kier alpha value is -2.70. The minimum atomic E-state index is -4.85. The van der Waals surface area contributed by atoms with Crippen LogP contribution in [0.4, 0.5) is 4.79 Å². The fourth-order valence-electron chi connectivity index (χ4n) is 3.31. The Morgan fingerprint density at radius 1 is 1.21 bits per heavy atom. The first-order chi connectivity index (χ1) is 13.1. The predicted octanol–water partition coefficient (Wildman–Crippen LogP) is -0.377. The smallest absolute Gasteiger partial charge is 0.418 e. The van der Waals surface area contributed by atoms with Crippen LogP contribution in [-0.2, 0) is 30.7 Å². The molecule has 2 bridgehead atoms. The SMILES string of the molecule is O=C(CNC(=O)[C@@H]1CC[C@@H]2CN1C(=O)N2OS(=O)(=O)O)Cc1ccc(O)cc1. The summed E-state index contributed by atoms with van der Waals surface area (Å²) in [6.07, 6.45) is 0.642. The second-order valence-corrected chi connectivity index (χ2v) is 7.61. The average Bonchev–Trinajstić information content (AvgIpc) is 2.85. The first-order valence-corrected chi connectivity index (χ1v) is 9.85. The van der Waals surface area contributed by atoms with Crippen LogP contribution >= 0.6 is 0 Å². The van der Waals surface area contributed by atoms with Gasteiger partial charge in [-0.25, -0.2) is 4.79 Å². The number of nitrogens with one attached hydrogen (secondary N) is 1. The Labute approximate surface area is 160 Å². The number of amides is 3. The topological polar surface area (TPSA) is 154 Å². The normalized spacial score (nSPS) is 21.7. The lowest BCUT2D eigenvalue weighted by atomic mass is 10.00. The molecule has 2 fully saturated rings. The molecule has 0 unspecified atom stereocenters. The third-order valence-corrected chi connectivity index (χ3v) is 4.95. The van der Waals surface area contributed by atoms with E-state index in [4.69, 9.17) is 4.55 Å². The molecule has 2 aliphatic heterocycles. The van der Waals surface area contributed by atoms with Gasteiger partial charge in [-0.2, -0.15) is 13.5 Å². The first-order valence-electron chi connectivity index (χ1n) is 8.48. The van der Waals surface area contributed by atoms with Crippen molar-refractivity contribution in [1.29, 1.82) is 0 Å². The van der Waals surface area contributed by atoms with E-state index in [0.29, 0.717) is 17.0 Å². The molecule has 28 heavy (non-hydrogen) atoms. The number of carbonyl (C=O) groups is 3. The number of piperidine rings is 1. The third kappa shape index (κ3) is 4.58. The molecule has 3 amide bonds. The standard InChI is InChI=1S/C16H19N3O8S/c20-12-4-1-10(2-5-12)7-13(21)8-17-15(22)14-6-3-11-9-18(14)16(23)19(11)27-28(24,25)26/h1-2,4-5,11,14,20H,3,6-9H2,(H,17,22)(H,24,25,26)/t11-,14+/m1/s1. The zero-order valence-corrected chi connectivity index (χ0v) is 15.5. The highest BCUT2D eigenvalue weighted by Gasteiger charge is 2.49. The number of hydrogen-bond donors (Lipinski definition) is 3. The summed E-state index contributed by atoms with van der Waals surface area (Å²) in [4.78, 5) is 37.9. The maximum atomic E-state index is 12.4. The van der Waals surface area contributed by atoms with Gasteiger partial charge in [0.25, 0.3) is 0 Å². The van der Waals surface area contributed by atoms with Crippen molar-refractivity contribution in [3.63, 3.8) is 0 Å². The molecule has 0 aromatic heterocycles. The number of urea groups is 1. The first kappa shape index (κ1) is 20.0. The van der Waals surface area contributed by atoms with Gasteiger partial charge < -0.3 is 15.3 Å². The van der Waals surface area contributed by atoms with Gasteiger partial charge in [0.2, 0.25) is 5.91 Å². The number of nitrogens with zero attached hydrogens (tertiary/aromatic N) is 2. The van der Waals surface area contributed by atoms with Gasteiger partial charge in [-0.1, -0.05) is 12.1 Å². The maximum Gasteiger partial charge on any atom is 0.418 e. The second-order valence-electron chi connectivity index (χ2n) is 6.61. The Morgan fingerprint density at radius 2 is 1.89 bits per heavy atom. The molecule has 152 valence electrons. The number of aromatic hydroxyl groups is 1. The molecular weight excluding hydrogens is 394 g/mol. The van der Waals surface area contributed by atoms with E-state index in [1.54, 1.807) is 12.1 Å². The van der Waals surface area contributed by atoms with Gasteiger partial charge in [0.05, 0.1) is 12.6 Å². The molecule has 2 atom stereocenters. The van der Waals surface area contributed by atoms with Crippen LogP contribution in [0, 0.1) is 0 Å². The molecule has 0 spiro atoms. The van der Waals surface area contributed by atoms with Crippen molar-refractivity contribution in [3.05, 3.63) is 29.8 Å². The van der Waals surface area contributed by atoms with Gasteiger partial charge in [-0.3, -0.25) is 14.1 Å². The van der Waals surface area contributed by atoms with Crippen molar-refractivity contribution in [2.45, 2.75) is 31.3 Å². The highest BCUT2D eigenvalue weighted by atomic mass is 32.3. The Morgan fingerprint density at radius 3 is 2.54 bits per heavy atom. The molecule has 3 rings (SSSR count). The number of hydroxylamine groups is 2. The van der Waals surface area contributed by atoms with Crippen LogP contribution < -0.4 is 5.32 Å². The predicted molar refractivity (Wildman–Crippen MR) is 93.2 cm³/mol. The number of phenolic OH excluding ortho intramolecular Hbond substituents is 1. The highest BCUT2D eigenvalue weighted by molar-refractivity contribution is 7.80. The lowest BCUT2D eigenvalue weighted by Crippen LogP contribution is -2.50. The molecule has 11 nitrogen and oxygen atoms in total. The van der Waals surface area contributed by atoms with Crippen LogP contribution in [-0.4, -0.2) is 70.9 Å². The quantitative estimate of drug-likeness (QED) is 0.511. The lowest BCUT2D eigenvalue weighted by Gasteiger charge is -2.29. The van der Waals surface area contributed by atoms with Crippen molar-refractivity contribution in [2.75, 3.05) is 13.1 Å². The van der Waals surface area contributed by atoms with Gasteiger partial charge in [0, 0.05) is 13.0 Å². The Bertz CT molecular complexity index is 886. The van der Waals surface area contributed by atoms with Crippen molar-refractivity contribution in [1.82, 2.24) is 15.3 Å². The number of rotatable bonds is 7. The van der Waals surface area contributed by atoms with Crippen molar-refractivity contribution >= 4 is 28.1 Å². The van der Waals surface area contributed by atoms with Crippen molar-refractivity contribution < 1.29 is 36.7 Å². The number of phenols is 1. The summed E-state index contributed by atoms with van der Waals surface area (Å²) in [6.45, 7) is -0.152. The fraction of sp³-hybridized carbons (Fsp3) is 0.438. The molecule has 2 aliphatic rings. The van der Waals surface area contributed by atoms with E-state index in [1.165, 1.54) is 12.1 Å². The number of hydrogen-bond acceptors (Lipinski definition) is 7. The Kier molecular flexibility index (Phi) is 5.54. The van der Waals surface area contributed by atoms with Crippen LogP contribution in [0.3, 0.4) is 0 Å². The summed E-state index contributed by atoms with van der Waals surface area (Å²) in [5.41, 5.74) is 0.685. The van der Waals surface area contributed by atoms with Gasteiger partial charge in [-0.05, 0) is 30.5 Å². The maximum absolute atomic E-state index is 12.4. The van der Waals surface area contributed by atoms with Crippen LogP contribution in [0.1, 0.15) is 18.4 Å². The molecule has 0 aliphatic carbocycles. The Balaban J connectivity index is 1.54. The van der Waals surface area contributed by atoms with E-state index < -0.39 is 34.4 Å². The molecule has 0 saturated carbocycles. The zero-order chi connectivity index (χ0) is 20.5. The third-order valence-electron chi connectivity index (χ3n) is 4.60. The van der Waals surface area contributed by atoms with Gasteiger partial charge in [-0.15, -0.1) is 4.28 Å². The molecule has 12 heteroatoms. The molecule has 2 saturated heterocycles. The number of Topliss-reactive ketones (excluding diaryl/α,β-unsaturated/α-hetero) is 1. The van der Waals surface area contributed by atoms with Gasteiger partial charge in [0.1, 0.15) is 11.8 Å². The van der Waals surface area contributed by atoms with Crippen LogP contribution in [0.2, 0.25) is 0 Å². The lowest BCUT2D eigenvalue weighted by molar-refractivity contribution is -0.128. The molecule has 1 aromatic carbocycles.